The number of thioether (sulfide) groups is 1. The third-order valence-corrected chi connectivity index (χ3v) is 7.14. The first-order valence-corrected chi connectivity index (χ1v) is 14.0. The molecular formula is C27H40Cl2N4O4S. The summed E-state index contributed by atoms with van der Waals surface area (Å²) in [5.41, 5.74) is 6.76. The Kier molecular flexibility index (Phi) is 15.7. The Morgan fingerprint density at radius 1 is 1.18 bits per heavy atom. The van der Waals surface area contributed by atoms with Crippen LogP contribution in [0.5, 0.6) is 0 Å². The molecule has 0 saturated carbocycles. The molecule has 1 aliphatic heterocycles. The van der Waals surface area contributed by atoms with Crippen molar-refractivity contribution in [1.29, 1.82) is 0 Å². The van der Waals surface area contributed by atoms with Crippen molar-refractivity contribution in [3.8, 4) is 0 Å². The number of rotatable bonds is 13. The average molecular weight is 588 g/mol. The fourth-order valence-corrected chi connectivity index (χ4v) is 5.27. The first-order valence-electron chi connectivity index (χ1n) is 12.6. The highest BCUT2D eigenvalue weighted by Crippen LogP contribution is 2.23. The van der Waals surface area contributed by atoms with Crippen LogP contribution in [0.25, 0.3) is 10.8 Å². The number of hydrogen-bond donors (Lipinski definition) is 2. The van der Waals surface area contributed by atoms with Gasteiger partial charge < -0.3 is 20.7 Å². The zero-order valence-corrected chi connectivity index (χ0v) is 24.5. The van der Waals surface area contributed by atoms with E-state index in [-0.39, 0.29) is 62.4 Å². The van der Waals surface area contributed by atoms with Crippen LogP contribution in [0.3, 0.4) is 0 Å². The summed E-state index contributed by atoms with van der Waals surface area (Å²) in [5, 5.41) is 5.16. The SMILES string of the molecule is CCOC(=O)[C@H](CCSC)NC(=O)CN(Cc1cccc2ccccc12)C[C@@H]1CCCN1C(=O)CN.Cl.Cl. The monoisotopic (exact) mass is 586 g/mol. The van der Waals surface area contributed by atoms with Gasteiger partial charge in [-0.25, -0.2) is 4.79 Å². The van der Waals surface area contributed by atoms with Gasteiger partial charge in [0.15, 0.2) is 0 Å². The van der Waals surface area contributed by atoms with Gasteiger partial charge in [-0.15, -0.1) is 24.8 Å². The first-order chi connectivity index (χ1) is 17.5. The van der Waals surface area contributed by atoms with Gasteiger partial charge in [0.1, 0.15) is 6.04 Å². The molecule has 1 aliphatic rings. The number of nitrogens with two attached hydrogens (primary N) is 1. The minimum absolute atomic E-state index is 0. The quantitative estimate of drug-likeness (QED) is 0.347. The summed E-state index contributed by atoms with van der Waals surface area (Å²) >= 11 is 1.62. The Labute approximate surface area is 242 Å². The molecule has 0 spiro atoms. The number of nitrogens with zero attached hydrogens (tertiary/aromatic N) is 2. The topological polar surface area (TPSA) is 105 Å². The second kappa shape index (κ2) is 17.5. The van der Waals surface area contributed by atoms with Crippen molar-refractivity contribution >= 4 is 65.1 Å². The summed E-state index contributed by atoms with van der Waals surface area (Å²) in [5.74, 6) is 0.0356. The third-order valence-electron chi connectivity index (χ3n) is 6.50. The molecule has 2 atom stereocenters. The predicted molar refractivity (Wildman–Crippen MR) is 159 cm³/mol. The summed E-state index contributed by atoms with van der Waals surface area (Å²) in [6, 6.07) is 13.7. The number of hydrogen-bond acceptors (Lipinski definition) is 7. The van der Waals surface area contributed by atoms with Gasteiger partial charge in [0.05, 0.1) is 19.7 Å². The molecule has 1 saturated heterocycles. The number of esters is 1. The molecule has 1 heterocycles. The van der Waals surface area contributed by atoms with Crippen molar-refractivity contribution < 1.29 is 19.1 Å². The van der Waals surface area contributed by atoms with Gasteiger partial charge in [-0.1, -0.05) is 42.5 Å². The molecule has 3 rings (SSSR count). The van der Waals surface area contributed by atoms with Gasteiger partial charge in [-0.3, -0.25) is 14.5 Å². The van der Waals surface area contributed by atoms with E-state index >= 15 is 0 Å². The standard InChI is InChI=1S/C27H38N4O4S.2ClH/c1-3-35-27(34)24(13-15-36-2)29-25(32)19-30(18-22-11-7-14-31(22)26(33)16-28)17-21-10-6-9-20-8-4-5-12-23(20)21;;/h4-6,8-10,12,22,24H,3,7,11,13-19,28H2,1-2H3,(H,29,32);2*1H/t22-,24-;;/m0../s1. The number of ether oxygens (including phenoxy) is 1. The minimum atomic E-state index is -0.675. The smallest absolute Gasteiger partial charge is 0.328 e. The zero-order valence-electron chi connectivity index (χ0n) is 22.1. The maximum Gasteiger partial charge on any atom is 0.328 e. The van der Waals surface area contributed by atoms with Crippen LogP contribution in [-0.2, 0) is 25.7 Å². The van der Waals surface area contributed by atoms with Crippen LogP contribution in [0.1, 0.15) is 31.7 Å². The van der Waals surface area contributed by atoms with Crippen LogP contribution in [0.15, 0.2) is 42.5 Å². The molecular weight excluding hydrogens is 547 g/mol. The first kappa shape index (κ1) is 34.0. The van der Waals surface area contributed by atoms with Gasteiger partial charge >= 0.3 is 5.97 Å². The second-order valence-electron chi connectivity index (χ2n) is 9.05. The summed E-state index contributed by atoms with van der Waals surface area (Å²) in [7, 11) is 0. The molecule has 1 fully saturated rings. The normalized spacial score (nSPS) is 15.5. The van der Waals surface area contributed by atoms with E-state index in [1.807, 2.05) is 29.4 Å². The minimum Gasteiger partial charge on any atom is -0.464 e. The number of halogens is 2. The van der Waals surface area contributed by atoms with Crippen LogP contribution < -0.4 is 11.1 Å². The van der Waals surface area contributed by atoms with Crippen molar-refractivity contribution in [2.24, 2.45) is 5.73 Å². The predicted octanol–water partition coefficient (Wildman–Crippen LogP) is 3.24. The lowest BCUT2D eigenvalue weighted by atomic mass is 10.0. The number of amides is 2. The lowest BCUT2D eigenvalue weighted by Crippen LogP contribution is -2.49. The summed E-state index contributed by atoms with van der Waals surface area (Å²) in [6.07, 6.45) is 4.27. The van der Waals surface area contributed by atoms with Crippen molar-refractivity contribution in [3.63, 3.8) is 0 Å². The van der Waals surface area contributed by atoms with Gasteiger partial charge in [-0.2, -0.15) is 11.8 Å². The lowest BCUT2D eigenvalue weighted by Gasteiger charge is -2.31. The number of nitrogens with one attached hydrogen (secondary N) is 1. The third kappa shape index (κ3) is 9.61. The number of likely N-dealkylation sites (tertiary alicyclic amines) is 1. The van der Waals surface area contributed by atoms with Crippen LogP contribution in [-0.4, -0.2) is 84.5 Å². The van der Waals surface area contributed by atoms with Crippen molar-refractivity contribution in [2.75, 3.05) is 44.8 Å². The maximum absolute atomic E-state index is 13.2. The van der Waals surface area contributed by atoms with E-state index in [0.29, 0.717) is 26.1 Å². The van der Waals surface area contributed by atoms with Crippen molar-refractivity contribution in [2.45, 2.75) is 44.8 Å². The molecule has 2 amide bonds. The molecule has 0 aromatic heterocycles. The van der Waals surface area contributed by atoms with E-state index in [9.17, 15) is 14.4 Å². The maximum atomic E-state index is 13.2. The Morgan fingerprint density at radius 2 is 1.92 bits per heavy atom. The van der Waals surface area contributed by atoms with Gasteiger partial charge in [0.25, 0.3) is 0 Å². The summed E-state index contributed by atoms with van der Waals surface area (Å²) in [6.45, 7) is 3.91. The Morgan fingerprint density at radius 3 is 2.63 bits per heavy atom. The molecule has 11 heteroatoms. The lowest BCUT2D eigenvalue weighted by molar-refractivity contribution is -0.147. The highest BCUT2D eigenvalue weighted by Gasteiger charge is 2.31. The highest BCUT2D eigenvalue weighted by molar-refractivity contribution is 7.98. The zero-order chi connectivity index (χ0) is 25.9. The van der Waals surface area contributed by atoms with Crippen molar-refractivity contribution in [1.82, 2.24) is 15.1 Å². The van der Waals surface area contributed by atoms with Crippen LogP contribution in [0.2, 0.25) is 0 Å². The Bertz CT molecular complexity index is 1040. The molecule has 0 aliphatic carbocycles. The number of carbonyl (C=O) groups is 3. The highest BCUT2D eigenvalue weighted by atomic mass is 35.5. The van der Waals surface area contributed by atoms with Gasteiger partial charge in [-0.05, 0) is 54.5 Å². The van der Waals surface area contributed by atoms with E-state index in [0.717, 1.165) is 34.9 Å². The van der Waals surface area contributed by atoms with Crippen LogP contribution >= 0.6 is 36.6 Å². The molecule has 38 heavy (non-hydrogen) atoms. The molecule has 2 aromatic rings. The van der Waals surface area contributed by atoms with E-state index in [1.54, 1.807) is 18.7 Å². The van der Waals surface area contributed by atoms with Crippen LogP contribution in [0.4, 0.5) is 0 Å². The van der Waals surface area contributed by atoms with E-state index in [2.05, 4.69) is 34.5 Å². The Hall–Kier alpha value is -2.04. The van der Waals surface area contributed by atoms with Crippen LogP contribution in [0, 0.1) is 0 Å². The molecule has 3 N–H and O–H groups in total. The van der Waals surface area contributed by atoms with E-state index in [1.165, 1.54) is 0 Å². The average Bonchev–Trinajstić information content (AvgIpc) is 3.34. The van der Waals surface area contributed by atoms with Gasteiger partial charge in [0.2, 0.25) is 11.8 Å². The summed E-state index contributed by atoms with van der Waals surface area (Å²) < 4.78 is 5.18. The molecule has 212 valence electrons. The van der Waals surface area contributed by atoms with E-state index in [4.69, 9.17) is 10.5 Å². The molecule has 0 radical (unpaired) electrons. The molecule has 2 aromatic carbocycles. The largest absolute Gasteiger partial charge is 0.464 e. The van der Waals surface area contributed by atoms with Gasteiger partial charge in [0, 0.05) is 25.7 Å². The Balaban J connectivity index is 0.00000361. The van der Waals surface area contributed by atoms with E-state index < -0.39 is 12.0 Å². The summed E-state index contributed by atoms with van der Waals surface area (Å²) in [4.78, 5) is 41.9. The van der Waals surface area contributed by atoms with Crippen molar-refractivity contribution in [3.05, 3.63) is 48.0 Å². The number of fused-ring (bicyclic) bond motifs is 1. The molecule has 0 bridgehead atoms. The molecule has 0 unspecified atom stereocenters. The fraction of sp³-hybridized carbons (Fsp3) is 0.519. The second-order valence-corrected chi connectivity index (χ2v) is 10.0. The number of carbonyl (C=O) groups excluding carboxylic acids is 3. The molecule has 8 nitrogen and oxygen atoms in total. The fourth-order valence-electron chi connectivity index (χ4n) is 4.80. The number of benzene rings is 2.